The molecular formula is C15H13BrCl2O. The van der Waals surface area contributed by atoms with Gasteiger partial charge in [0.25, 0.3) is 0 Å². The molecule has 0 aliphatic rings. The van der Waals surface area contributed by atoms with Gasteiger partial charge in [-0.3, -0.25) is 0 Å². The Morgan fingerprint density at radius 1 is 1.05 bits per heavy atom. The SMILES string of the molecule is Cc1ccc(COc2c(Cl)cccc2CBr)c(Cl)c1. The van der Waals surface area contributed by atoms with E-state index in [9.17, 15) is 0 Å². The third-order valence-electron chi connectivity index (χ3n) is 2.77. The summed E-state index contributed by atoms with van der Waals surface area (Å²) in [6.45, 7) is 2.41. The molecule has 2 aromatic rings. The maximum atomic E-state index is 6.19. The zero-order valence-electron chi connectivity index (χ0n) is 10.4. The van der Waals surface area contributed by atoms with Gasteiger partial charge in [-0.15, -0.1) is 0 Å². The Kier molecular flexibility index (Phi) is 5.14. The molecule has 0 heterocycles. The summed E-state index contributed by atoms with van der Waals surface area (Å²) in [7, 11) is 0. The van der Waals surface area contributed by atoms with Gasteiger partial charge in [-0.2, -0.15) is 0 Å². The summed E-state index contributed by atoms with van der Waals surface area (Å²) in [6, 6.07) is 11.6. The number of halogens is 3. The Hall–Kier alpha value is -0.700. The summed E-state index contributed by atoms with van der Waals surface area (Å²) in [5, 5.41) is 2.03. The molecule has 0 aliphatic carbocycles. The topological polar surface area (TPSA) is 9.23 Å². The van der Waals surface area contributed by atoms with Crippen molar-refractivity contribution < 1.29 is 4.74 Å². The number of alkyl halides is 1. The fourth-order valence-electron chi connectivity index (χ4n) is 1.74. The molecule has 0 unspecified atom stereocenters. The normalized spacial score (nSPS) is 10.5. The zero-order valence-corrected chi connectivity index (χ0v) is 13.5. The molecular weight excluding hydrogens is 347 g/mol. The Morgan fingerprint density at radius 2 is 1.84 bits per heavy atom. The van der Waals surface area contributed by atoms with E-state index in [4.69, 9.17) is 27.9 Å². The summed E-state index contributed by atoms with van der Waals surface area (Å²) < 4.78 is 5.82. The van der Waals surface area contributed by atoms with Crippen molar-refractivity contribution in [2.24, 2.45) is 0 Å². The Bertz CT molecular complexity index is 584. The third kappa shape index (κ3) is 3.65. The average Bonchev–Trinajstić information content (AvgIpc) is 2.39. The number of para-hydroxylation sites is 1. The smallest absolute Gasteiger partial charge is 0.142 e. The van der Waals surface area contributed by atoms with Crippen LogP contribution in [0.15, 0.2) is 36.4 Å². The Labute approximate surface area is 131 Å². The van der Waals surface area contributed by atoms with E-state index in [2.05, 4.69) is 15.9 Å². The van der Waals surface area contributed by atoms with Crippen LogP contribution in [0, 0.1) is 6.92 Å². The molecule has 0 aliphatic heterocycles. The van der Waals surface area contributed by atoms with Crippen LogP contribution < -0.4 is 4.74 Å². The van der Waals surface area contributed by atoms with Gasteiger partial charge in [-0.1, -0.05) is 63.4 Å². The maximum Gasteiger partial charge on any atom is 0.142 e. The molecule has 0 saturated heterocycles. The van der Waals surface area contributed by atoms with E-state index >= 15 is 0 Å². The number of aryl methyl sites for hydroxylation is 1. The fraction of sp³-hybridized carbons (Fsp3) is 0.200. The number of benzene rings is 2. The molecule has 0 atom stereocenters. The highest BCUT2D eigenvalue weighted by molar-refractivity contribution is 9.08. The van der Waals surface area contributed by atoms with Gasteiger partial charge in [0.1, 0.15) is 12.4 Å². The van der Waals surface area contributed by atoms with Crippen molar-refractivity contribution in [3.05, 3.63) is 63.1 Å². The lowest BCUT2D eigenvalue weighted by molar-refractivity contribution is 0.304. The predicted molar refractivity (Wildman–Crippen MR) is 84.6 cm³/mol. The van der Waals surface area contributed by atoms with Gasteiger partial charge in [0, 0.05) is 21.5 Å². The lowest BCUT2D eigenvalue weighted by atomic mass is 10.1. The second kappa shape index (κ2) is 6.65. The highest BCUT2D eigenvalue weighted by Crippen LogP contribution is 2.31. The van der Waals surface area contributed by atoms with E-state index < -0.39 is 0 Å². The van der Waals surface area contributed by atoms with Gasteiger partial charge in [0.05, 0.1) is 5.02 Å². The highest BCUT2D eigenvalue weighted by Gasteiger charge is 2.09. The van der Waals surface area contributed by atoms with Crippen LogP contribution in [0.4, 0.5) is 0 Å². The quantitative estimate of drug-likeness (QED) is 0.629. The fourth-order valence-corrected chi connectivity index (χ4v) is 2.72. The summed E-state index contributed by atoms with van der Waals surface area (Å²) in [4.78, 5) is 0. The minimum Gasteiger partial charge on any atom is -0.487 e. The molecule has 19 heavy (non-hydrogen) atoms. The second-order valence-electron chi connectivity index (χ2n) is 4.25. The summed E-state index contributed by atoms with van der Waals surface area (Å²) in [5.41, 5.74) is 3.11. The van der Waals surface area contributed by atoms with Gasteiger partial charge in [0.2, 0.25) is 0 Å². The molecule has 0 bridgehead atoms. The first-order chi connectivity index (χ1) is 9.11. The number of rotatable bonds is 4. The molecule has 1 nitrogen and oxygen atoms in total. The average molecular weight is 360 g/mol. The van der Waals surface area contributed by atoms with Gasteiger partial charge in [-0.25, -0.2) is 0 Å². The molecule has 0 saturated carbocycles. The third-order valence-corrected chi connectivity index (χ3v) is 4.03. The van der Waals surface area contributed by atoms with Gasteiger partial charge in [0.15, 0.2) is 0 Å². The monoisotopic (exact) mass is 358 g/mol. The number of hydrogen-bond donors (Lipinski definition) is 0. The minimum absolute atomic E-state index is 0.406. The van der Waals surface area contributed by atoms with Gasteiger partial charge < -0.3 is 4.74 Å². The zero-order chi connectivity index (χ0) is 13.8. The molecule has 2 rings (SSSR count). The predicted octanol–water partition coefficient (Wildman–Crippen LogP) is 5.78. The van der Waals surface area contributed by atoms with E-state index in [0.29, 0.717) is 27.7 Å². The lowest BCUT2D eigenvalue weighted by Gasteiger charge is -2.12. The molecule has 0 aromatic heterocycles. The summed E-state index contributed by atoms with van der Waals surface area (Å²) >= 11 is 15.8. The van der Waals surface area contributed by atoms with E-state index in [-0.39, 0.29) is 0 Å². The van der Waals surface area contributed by atoms with Crippen LogP contribution in [0.2, 0.25) is 10.0 Å². The first-order valence-electron chi connectivity index (χ1n) is 5.83. The first kappa shape index (κ1) is 14.7. The van der Waals surface area contributed by atoms with E-state index in [0.717, 1.165) is 16.7 Å². The van der Waals surface area contributed by atoms with Crippen molar-refractivity contribution in [3.63, 3.8) is 0 Å². The van der Waals surface area contributed by atoms with Crippen LogP contribution in [0.5, 0.6) is 5.75 Å². The van der Waals surface area contributed by atoms with Gasteiger partial charge in [-0.05, 0) is 24.6 Å². The number of ether oxygens (including phenoxy) is 1. The Morgan fingerprint density at radius 3 is 2.53 bits per heavy atom. The van der Waals surface area contributed by atoms with Crippen LogP contribution in [0.3, 0.4) is 0 Å². The molecule has 4 heteroatoms. The van der Waals surface area contributed by atoms with E-state index in [1.165, 1.54) is 0 Å². The van der Waals surface area contributed by atoms with Crippen LogP contribution in [-0.4, -0.2) is 0 Å². The molecule has 0 N–H and O–H groups in total. The maximum absolute atomic E-state index is 6.19. The van der Waals surface area contributed by atoms with Crippen molar-refractivity contribution in [1.82, 2.24) is 0 Å². The molecule has 0 fully saturated rings. The summed E-state index contributed by atoms with van der Waals surface area (Å²) in [6.07, 6.45) is 0. The van der Waals surface area contributed by atoms with E-state index in [1.54, 1.807) is 0 Å². The van der Waals surface area contributed by atoms with Crippen molar-refractivity contribution in [2.45, 2.75) is 18.9 Å². The van der Waals surface area contributed by atoms with Crippen molar-refractivity contribution >= 4 is 39.1 Å². The van der Waals surface area contributed by atoms with Crippen LogP contribution >= 0.6 is 39.1 Å². The van der Waals surface area contributed by atoms with Crippen molar-refractivity contribution in [1.29, 1.82) is 0 Å². The van der Waals surface area contributed by atoms with Crippen molar-refractivity contribution in [3.8, 4) is 5.75 Å². The highest BCUT2D eigenvalue weighted by atomic mass is 79.9. The van der Waals surface area contributed by atoms with E-state index in [1.807, 2.05) is 43.3 Å². The minimum atomic E-state index is 0.406. The van der Waals surface area contributed by atoms with Gasteiger partial charge >= 0.3 is 0 Å². The molecule has 0 amide bonds. The van der Waals surface area contributed by atoms with Crippen LogP contribution in [0.1, 0.15) is 16.7 Å². The largest absolute Gasteiger partial charge is 0.487 e. The molecule has 0 spiro atoms. The first-order valence-corrected chi connectivity index (χ1v) is 7.70. The molecule has 2 aromatic carbocycles. The number of hydrogen-bond acceptors (Lipinski definition) is 1. The van der Waals surface area contributed by atoms with Crippen molar-refractivity contribution in [2.75, 3.05) is 0 Å². The second-order valence-corrected chi connectivity index (χ2v) is 5.62. The molecule has 100 valence electrons. The van der Waals surface area contributed by atoms with Crippen LogP contribution in [-0.2, 0) is 11.9 Å². The van der Waals surface area contributed by atoms with Crippen LogP contribution in [0.25, 0.3) is 0 Å². The Balaban J connectivity index is 2.19. The lowest BCUT2D eigenvalue weighted by Crippen LogP contribution is -1.99. The standard InChI is InChI=1S/C15H13BrCl2O/c1-10-5-6-12(14(18)7-10)9-19-15-11(8-16)3-2-4-13(15)17/h2-7H,8-9H2,1H3. The molecule has 0 radical (unpaired) electrons. The summed E-state index contributed by atoms with van der Waals surface area (Å²) in [5.74, 6) is 0.706.